The van der Waals surface area contributed by atoms with E-state index in [0.29, 0.717) is 16.9 Å². The second kappa shape index (κ2) is 7.36. The summed E-state index contributed by atoms with van der Waals surface area (Å²) in [6.07, 6.45) is 0. The molecule has 0 aliphatic rings. The minimum atomic E-state index is -0.630. The van der Waals surface area contributed by atoms with Crippen molar-refractivity contribution in [3.63, 3.8) is 0 Å². The average Bonchev–Trinajstić information content (AvgIpc) is 2.63. The standard InChI is InChI=1S/C19H17FN4O3/c1-12-18(26)23(11-14-6-8-15(20)9-7-14)19(27)24(22-12)17-5-3-4-16(10-17)21-13(2)25/h3-10H,11H2,1-2H3,(H,21,25). The fraction of sp³-hybridized carbons (Fsp3) is 0.158. The van der Waals surface area contributed by atoms with Gasteiger partial charge >= 0.3 is 5.69 Å². The van der Waals surface area contributed by atoms with Crippen LogP contribution in [0.4, 0.5) is 10.1 Å². The molecule has 1 heterocycles. The van der Waals surface area contributed by atoms with Gasteiger partial charge in [0, 0.05) is 12.6 Å². The molecule has 0 saturated carbocycles. The van der Waals surface area contributed by atoms with E-state index in [2.05, 4.69) is 10.4 Å². The van der Waals surface area contributed by atoms with E-state index in [9.17, 15) is 18.8 Å². The maximum atomic E-state index is 13.1. The van der Waals surface area contributed by atoms with Gasteiger partial charge in [0.1, 0.15) is 11.5 Å². The second-order valence-corrected chi connectivity index (χ2v) is 6.03. The predicted octanol–water partition coefficient (Wildman–Crippen LogP) is 1.85. The van der Waals surface area contributed by atoms with Crippen LogP contribution in [0.25, 0.3) is 5.69 Å². The number of carbonyl (C=O) groups excluding carboxylic acids is 1. The van der Waals surface area contributed by atoms with E-state index in [4.69, 9.17) is 0 Å². The van der Waals surface area contributed by atoms with Crippen molar-refractivity contribution in [1.82, 2.24) is 14.3 Å². The summed E-state index contributed by atoms with van der Waals surface area (Å²) in [5, 5.41) is 6.71. The van der Waals surface area contributed by atoms with Gasteiger partial charge in [-0.15, -0.1) is 0 Å². The molecule has 1 N–H and O–H groups in total. The SMILES string of the molecule is CC(=O)Nc1cccc(-n2nc(C)c(=O)n(Cc3ccc(F)cc3)c2=O)c1. The van der Waals surface area contributed by atoms with E-state index in [1.165, 1.54) is 38.1 Å². The summed E-state index contributed by atoms with van der Waals surface area (Å²) in [6.45, 7) is 2.88. The summed E-state index contributed by atoms with van der Waals surface area (Å²) in [6, 6.07) is 12.1. The molecule has 0 unspecified atom stereocenters. The van der Waals surface area contributed by atoms with Crippen LogP contribution in [-0.4, -0.2) is 20.3 Å². The third-order valence-corrected chi connectivity index (χ3v) is 3.88. The Morgan fingerprint density at radius 2 is 1.85 bits per heavy atom. The minimum absolute atomic E-state index is 0.00725. The largest absolute Gasteiger partial charge is 0.352 e. The quantitative estimate of drug-likeness (QED) is 0.762. The topological polar surface area (TPSA) is 86.0 Å². The van der Waals surface area contributed by atoms with Crippen molar-refractivity contribution in [2.75, 3.05) is 5.32 Å². The number of nitrogens with zero attached hydrogens (tertiary/aromatic N) is 3. The van der Waals surface area contributed by atoms with Gasteiger partial charge in [-0.3, -0.25) is 14.2 Å². The number of carbonyl (C=O) groups is 1. The number of anilines is 1. The highest BCUT2D eigenvalue weighted by Crippen LogP contribution is 2.12. The number of nitrogens with one attached hydrogen (secondary N) is 1. The first-order valence-electron chi connectivity index (χ1n) is 8.18. The summed E-state index contributed by atoms with van der Waals surface area (Å²) in [7, 11) is 0. The molecule has 0 aliphatic heterocycles. The van der Waals surface area contributed by atoms with Gasteiger partial charge in [0.05, 0.1) is 12.2 Å². The van der Waals surface area contributed by atoms with E-state index in [-0.39, 0.29) is 18.1 Å². The molecular formula is C19H17FN4O3. The molecule has 1 amide bonds. The van der Waals surface area contributed by atoms with Gasteiger partial charge in [-0.25, -0.2) is 9.18 Å². The van der Waals surface area contributed by atoms with Crippen LogP contribution in [0.15, 0.2) is 58.1 Å². The summed E-state index contributed by atoms with van der Waals surface area (Å²) >= 11 is 0. The summed E-state index contributed by atoms with van der Waals surface area (Å²) < 4.78 is 15.2. The minimum Gasteiger partial charge on any atom is -0.326 e. The molecule has 0 bridgehead atoms. The monoisotopic (exact) mass is 368 g/mol. The second-order valence-electron chi connectivity index (χ2n) is 6.03. The first-order chi connectivity index (χ1) is 12.8. The number of benzene rings is 2. The van der Waals surface area contributed by atoms with Gasteiger partial charge in [-0.1, -0.05) is 18.2 Å². The summed E-state index contributed by atoms with van der Waals surface area (Å²) in [5.74, 6) is -0.644. The molecule has 138 valence electrons. The summed E-state index contributed by atoms with van der Waals surface area (Å²) in [4.78, 5) is 36.5. The Hall–Kier alpha value is -3.55. The van der Waals surface area contributed by atoms with E-state index in [0.717, 1.165) is 9.25 Å². The Kier molecular flexibility index (Phi) is 4.98. The number of hydrogen-bond donors (Lipinski definition) is 1. The molecule has 0 radical (unpaired) electrons. The van der Waals surface area contributed by atoms with Crippen LogP contribution in [-0.2, 0) is 11.3 Å². The van der Waals surface area contributed by atoms with E-state index in [1.54, 1.807) is 24.3 Å². The van der Waals surface area contributed by atoms with Gasteiger partial charge in [0.2, 0.25) is 5.91 Å². The molecule has 2 aromatic carbocycles. The Bertz CT molecular complexity index is 1120. The maximum absolute atomic E-state index is 13.1. The van der Waals surface area contributed by atoms with Gasteiger partial charge in [0.15, 0.2) is 0 Å². The molecule has 3 aromatic rings. The van der Waals surface area contributed by atoms with Crippen molar-refractivity contribution < 1.29 is 9.18 Å². The molecular weight excluding hydrogens is 351 g/mol. The van der Waals surface area contributed by atoms with Crippen molar-refractivity contribution in [2.24, 2.45) is 0 Å². The molecule has 1 aromatic heterocycles. The van der Waals surface area contributed by atoms with Crippen LogP contribution < -0.4 is 16.6 Å². The first-order valence-corrected chi connectivity index (χ1v) is 8.18. The van der Waals surface area contributed by atoms with Gasteiger partial charge in [-0.2, -0.15) is 9.78 Å². The fourth-order valence-electron chi connectivity index (χ4n) is 2.63. The van der Waals surface area contributed by atoms with E-state index < -0.39 is 17.1 Å². The zero-order valence-corrected chi connectivity index (χ0v) is 14.8. The highest BCUT2D eigenvalue weighted by molar-refractivity contribution is 5.88. The van der Waals surface area contributed by atoms with Crippen molar-refractivity contribution in [1.29, 1.82) is 0 Å². The van der Waals surface area contributed by atoms with E-state index in [1.807, 2.05) is 0 Å². The Labute approximate surface area is 153 Å². The van der Waals surface area contributed by atoms with Crippen molar-refractivity contribution in [3.05, 3.63) is 86.4 Å². The lowest BCUT2D eigenvalue weighted by Gasteiger charge is -2.12. The molecule has 0 aliphatic carbocycles. The summed E-state index contributed by atoms with van der Waals surface area (Å²) in [5.41, 5.74) is 0.514. The lowest BCUT2D eigenvalue weighted by atomic mass is 10.2. The lowest BCUT2D eigenvalue weighted by Crippen LogP contribution is -2.42. The van der Waals surface area contributed by atoms with Crippen molar-refractivity contribution >= 4 is 11.6 Å². The van der Waals surface area contributed by atoms with Crippen molar-refractivity contribution in [3.8, 4) is 5.69 Å². The third kappa shape index (κ3) is 4.00. The van der Waals surface area contributed by atoms with Gasteiger partial charge < -0.3 is 5.32 Å². The lowest BCUT2D eigenvalue weighted by molar-refractivity contribution is -0.114. The van der Waals surface area contributed by atoms with Gasteiger partial charge in [-0.05, 0) is 42.8 Å². The predicted molar refractivity (Wildman–Crippen MR) is 98.6 cm³/mol. The molecule has 0 fully saturated rings. The number of rotatable bonds is 4. The molecule has 0 spiro atoms. The fourth-order valence-corrected chi connectivity index (χ4v) is 2.63. The average molecular weight is 368 g/mol. The van der Waals surface area contributed by atoms with Crippen LogP contribution in [0.5, 0.6) is 0 Å². The van der Waals surface area contributed by atoms with Crippen LogP contribution in [0.2, 0.25) is 0 Å². The molecule has 0 saturated heterocycles. The first kappa shape index (κ1) is 18.2. The molecule has 27 heavy (non-hydrogen) atoms. The highest BCUT2D eigenvalue weighted by Gasteiger charge is 2.13. The Morgan fingerprint density at radius 3 is 2.52 bits per heavy atom. The third-order valence-electron chi connectivity index (χ3n) is 3.88. The number of hydrogen-bond acceptors (Lipinski definition) is 4. The van der Waals surface area contributed by atoms with Crippen LogP contribution in [0, 0.1) is 12.7 Å². The van der Waals surface area contributed by atoms with Gasteiger partial charge in [0.25, 0.3) is 5.56 Å². The smallest absolute Gasteiger partial charge is 0.326 e. The molecule has 8 heteroatoms. The normalized spacial score (nSPS) is 10.6. The number of halogens is 1. The highest BCUT2D eigenvalue weighted by atomic mass is 19.1. The zero-order valence-electron chi connectivity index (χ0n) is 14.8. The van der Waals surface area contributed by atoms with Crippen molar-refractivity contribution in [2.45, 2.75) is 20.4 Å². The molecule has 0 atom stereocenters. The van der Waals surface area contributed by atoms with Crippen LogP contribution >= 0.6 is 0 Å². The number of aromatic nitrogens is 3. The Balaban J connectivity index is 2.09. The van der Waals surface area contributed by atoms with Crippen LogP contribution in [0.1, 0.15) is 18.2 Å². The Morgan fingerprint density at radius 1 is 1.15 bits per heavy atom. The van der Waals surface area contributed by atoms with E-state index >= 15 is 0 Å². The van der Waals surface area contributed by atoms with Crippen LogP contribution in [0.3, 0.4) is 0 Å². The molecule has 7 nitrogen and oxygen atoms in total. The maximum Gasteiger partial charge on any atom is 0.352 e. The zero-order chi connectivity index (χ0) is 19.6. The number of aryl methyl sites for hydroxylation is 1. The molecule has 3 rings (SSSR count). The number of amides is 1.